The molecule has 1 saturated carbocycles. The van der Waals surface area contributed by atoms with Gasteiger partial charge < -0.3 is 15.5 Å². The van der Waals surface area contributed by atoms with Gasteiger partial charge in [-0.3, -0.25) is 9.59 Å². The maximum Gasteiger partial charge on any atom is 0.279 e. The van der Waals surface area contributed by atoms with Crippen molar-refractivity contribution in [2.45, 2.75) is 44.7 Å². The Balaban J connectivity index is 1.88. The average molecular weight is 358 g/mol. The van der Waals surface area contributed by atoms with Gasteiger partial charge >= 0.3 is 0 Å². The van der Waals surface area contributed by atoms with E-state index in [1.54, 1.807) is 14.0 Å². The Morgan fingerprint density at radius 3 is 2.48 bits per heavy atom. The highest BCUT2D eigenvalue weighted by Gasteiger charge is 2.27. The van der Waals surface area contributed by atoms with Crippen LogP contribution >= 0.6 is 0 Å². The monoisotopic (exact) mass is 358 g/mol. The summed E-state index contributed by atoms with van der Waals surface area (Å²) in [7, 11) is 1.67. The number of rotatable bonds is 6. The number of likely N-dealkylation sites (N-methyl/N-ethyl adjacent to an activating group) is 1. The zero-order valence-electron chi connectivity index (χ0n) is 14.3. The summed E-state index contributed by atoms with van der Waals surface area (Å²) in [5, 5.41) is 5.17. The summed E-state index contributed by atoms with van der Waals surface area (Å²) in [4.78, 5) is 24.8. The number of carbonyl (C=O) groups is 2. The van der Waals surface area contributed by atoms with Gasteiger partial charge in [0.1, 0.15) is 0 Å². The molecule has 8 heteroatoms. The van der Waals surface area contributed by atoms with Gasteiger partial charge in [-0.15, -0.1) is 0 Å². The molecule has 1 aliphatic carbocycles. The van der Waals surface area contributed by atoms with E-state index in [1.165, 1.54) is 0 Å². The second kappa shape index (κ2) is 8.33. The van der Waals surface area contributed by atoms with E-state index in [1.807, 2.05) is 0 Å². The lowest BCUT2D eigenvalue weighted by molar-refractivity contribution is -0.885. The molecule has 3 N–H and O–H groups in total. The molecule has 2 rings (SSSR count). The van der Waals surface area contributed by atoms with Crippen molar-refractivity contribution in [3.05, 3.63) is 29.6 Å². The minimum Gasteiger partial charge on any atom is -0.348 e. The first-order valence-electron chi connectivity index (χ1n) is 8.35. The molecule has 0 bridgehead atoms. The molecule has 0 radical (unpaired) electrons. The average Bonchev–Trinajstić information content (AvgIpc) is 3.07. The smallest absolute Gasteiger partial charge is 0.279 e. The number of anilines is 1. The molecule has 1 aliphatic rings. The third-order valence-corrected chi connectivity index (χ3v) is 4.58. The maximum absolute atomic E-state index is 13.6. The molecular formula is C17H23F3N3O2+. The van der Waals surface area contributed by atoms with Gasteiger partial charge in [0, 0.05) is 6.04 Å². The van der Waals surface area contributed by atoms with Gasteiger partial charge in [0.25, 0.3) is 11.8 Å². The van der Waals surface area contributed by atoms with Gasteiger partial charge in [0.05, 0.1) is 12.7 Å². The fourth-order valence-corrected chi connectivity index (χ4v) is 2.84. The van der Waals surface area contributed by atoms with E-state index in [0.29, 0.717) is 4.90 Å². The first-order valence-corrected chi connectivity index (χ1v) is 8.35. The molecule has 1 unspecified atom stereocenters. The number of amides is 2. The summed E-state index contributed by atoms with van der Waals surface area (Å²) >= 11 is 0. The van der Waals surface area contributed by atoms with Crippen LogP contribution in [-0.2, 0) is 9.59 Å². The fraction of sp³-hybridized carbons (Fsp3) is 0.529. The highest BCUT2D eigenvalue weighted by Crippen LogP contribution is 2.19. The van der Waals surface area contributed by atoms with Crippen molar-refractivity contribution in [2.75, 3.05) is 18.9 Å². The summed E-state index contributed by atoms with van der Waals surface area (Å²) in [5.41, 5.74) is -0.431. The summed E-state index contributed by atoms with van der Waals surface area (Å²) < 4.78 is 39.6. The predicted octanol–water partition coefficient (Wildman–Crippen LogP) is 1.00. The quantitative estimate of drug-likeness (QED) is 0.665. The van der Waals surface area contributed by atoms with Crippen molar-refractivity contribution in [1.82, 2.24) is 5.32 Å². The third-order valence-electron chi connectivity index (χ3n) is 4.58. The molecule has 1 aromatic carbocycles. The molecule has 138 valence electrons. The third kappa shape index (κ3) is 4.94. The van der Waals surface area contributed by atoms with Gasteiger partial charge in [-0.25, -0.2) is 13.2 Å². The van der Waals surface area contributed by atoms with E-state index in [-0.39, 0.29) is 18.5 Å². The maximum atomic E-state index is 13.6. The summed E-state index contributed by atoms with van der Waals surface area (Å²) in [6.45, 7) is 1.59. The Morgan fingerprint density at radius 1 is 1.20 bits per heavy atom. The van der Waals surface area contributed by atoms with Crippen LogP contribution in [0.3, 0.4) is 0 Å². The zero-order valence-corrected chi connectivity index (χ0v) is 14.3. The van der Waals surface area contributed by atoms with E-state index in [2.05, 4.69) is 10.6 Å². The Labute approximate surface area is 144 Å². The number of benzene rings is 1. The molecule has 2 amide bonds. The lowest BCUT2D eigenvalue weighted by Crippen LogP contribution is -3.15. The van der Waals surface area contributed by atoms with Crippen LogP contribution in [0, 0.1) is 17.5 Å². The van der Waals surface area contributed by atoms with E-state index < -0.39 is 35.1 Å². The van der Waals surface area contributed by atoms with Gasteiger partial charge in [0.2, 0.25) is 0 Å². The molecule has 1 fully saturated rings. The van der Waals surface area contributed by atoms with Crippen LogP contribution < -0.4 is 15.5 Å². The van der Waals surface area contributed by atoms with Gasteiger partial charge in [0.15, 0.2) is 30.0 Å². The number of nitrogens with one attached hydrogen (secondary N) is 3. The molecule has 0 aliphatic heterocycles. The van der Waals surface area contributed by atoms with Crippen LogP contribution in [0.1, 0.15) is 32.6 Å². The van der Waals surface area contributed by atoms with Crippen LogP contribution in [0.2, 0.25) is 0 Å². The second-order valence-corrected chi connectivity index (χ2v) is 6.51. The SMILES string of the molecule is C[C@H](C(=O)NC1CCCC1)[NH+](C)CC(=O)Nc1ccc(F)c(F)c1F. The lowest BCUT2D eigenvalue weighted by Gasteiger charge is -2.22. The molecule has 25 heavy (non-hydrogen) atoms. The van der Waals surface area contributed by atoms with Crippen LogP contribution in [0.5, 0.6) is 0 Å². The molecule has 0 spiro atoms. The highest BCUT2D eigenvalue weighted by molar-refractivity contribution is 5.91. The van der Waals surface area contributed by atoms with E-state index in [9.17, 15) is 22.8 Å². The molecule has 0 saturated heterocycles. The number of hydrogen-bond donors (Lipinski definition) is 3. The van der Waals surface area contributed by atoms with Gasteiger partial charge in [-0.05, 0) is 31.9 Å². The first-order chi connectivity index (χ1) is 11.8. The summed E-state index contributed by atoms with van der Waals surface area (Å²) in [5.74, 6) is -5.14. The van der Waals surface area contributed by atoms with Crippen molar-refractivity contribution in [3.8, 4) is 0 Å². The summed E-state index contributed by atoms with van der Waals surface area (Å²) in [6, 6.07) is 1.41. The Morgan fingerprint density at radius 2 is 1.84 bits per heavy atom. The number of quaternary nitrogens is 1. The van der Waals surface area contributed by atoms with Crippen LogP contribution in [0.25, 0.3) is 0 Å². The van der Waals surface area contributed by atoms with Crippen LogP contribution in [0.15, 0.2) is 12.1 Å². The topological polar surface area (TPSA) is 62.6 Å². The van der Waals surface area contributed by atoms with E-state index >= 15 is 0 Å². The minimum absolute atomic E-state index is 0.113. The summed E-state index contributed by atoms with van der Waals surface area (Å²) in [6.07, 6.45) is 4.13. The predicted molar refractivity (Wildman–Crippen MR) is 86.6 cm³/mol. The fourth-order valence-electron chi connectivity index (χ4n) is 2.84. The van der Waals surface area contributed by atoms with Crippen molar-refractivity contribution in [1.29, 1.82) is 0 Å². The standard InChI is InChI=1S/C17H22F3N3O2/c1-10(17(25)21-11-5-3-4-6-11)23(2)9-14(24)22-13-8-7-12(18)15(19)16(13)20/h7-8,10-11H,3-6,9H2,1-2H3,(H,21,25)(H,22,24)/p+1/t10-/m1/s1. The Bertz CT molecular complexity index is 648. The van der Waals surface area contributed by atoms with Crippen molar-refractivity contribution in [3.63, 3.8) is 0 Å². The highest BCUT2D eigenvalue weighted by atomic mass is 19.2. The normalized spacial score (nSPS) is 17.2. The van der Waals surface area contributed by atoms with Crippen molar-refractivity contribution >= 4 is 17.5 Å². The van der Waals surface area contributed by atoms with Gasteiger partial charge in [-0.1, -0.05) is 12.8 Å². The molecule has 1 aromatic rings. The lowest BCUT2D eigenvalue weighted by atomic mass is 10.2. The van der Waals surface area contributed by atoms with Crippen molar-refractivity contribution < 1.29 is 27.7 Å². The van der Waals surface area contributed by atoms with Crippen LogP contribution in [0.4, 0.5) is 18.9 Å². The molecule has 0 aromatic heterocycles. The van der Waals surface area contributed by atoms with Crippen LogP contribution in [-0.4, -0.2) is 37.5 Å². The first kappa shape index (κ1) is 19.2. The largest absolute Gasteiger partial charge is 0.348 e. The molecule has 2 atom stereocenters. The van der Waals surface area contributed by atoms with Crippen molar-refractivity contribution in [2.24, 2.45) is 0 Å². The van der Waals surface area contributed by atoms with E-state index in [4.69, 9.17) is 0 Å². The second-order valence-electron chi connectivity index (χ2n) is 6.51. The number of hydrogen-bond acceptors (Lipinski definition) is 2. The zero-order chi connectivity index (χ0) is 18.6. The molecular weight excluding hydrogens is 335 g/mol. The number of halogens is 3. The number of carbonyl (C=O) groups excluding carboxylic acids is 2. The Kier molecular flexibility index (Phi) is 6.41. The minimum atomic E-state index is -1.64. The molecule has 5 nitrogen and oxygen atoms in total. The van der Waals surface area contributed by atoms with E-state index in [0.717, 1.165) is 37.8 Å². The van der Waals surface area contributed by atoms with Gasteiger partial charge in [-0.2, -0.15) is 0 Å². The molecule has 0 heterocycles. The Hall–Kier alpha value is -2.09.